The van der Waals surface area contributed by atoms with Crippen LogP contribution in [-0.4, -0.2) is 17.4 Å². The van der Waals surface area contributed by atoms with Gasteiger partial charge in [-0.1, -0.05) is 26.2 Å². The number of nitrogens with one attached hydrogen (secondary N) is 1. The summed E-state index contributed by atoms with van der Waals surface area (Å²) in [5.74, 6) is 1.53. The molecule has 1 N–H and O–H groups in total. The predicted octanol–water partition coefficient (Wildman–Crippen LogP) is 3.79. The molecule has 19 heavy (non-hydrogen) atoms. The molecule has 1 aromatic heterocycles. The standard InChI is InChI=1S/C15H21BrN2O/c1-2-11-3-5-12(6-4-11)8-18-15(19)13-7-14(16)10-17-9-13/h7,9-12H,2-6,8H2,1H3,(H,18,19). The Bertz CT molecular complexity index is 428. The third-order valence-corrected chi connectivity index (χ3v) is 4.50. The number of hydrogen-bond donors (Lipinski definition) is 1. The fraction of sp³-hybridized carbons (Fsp3) is 0.600. The fourth-order valence-electron chi connectivity index (χ4n) is 2.72. The van der Waals surface area contributed by atoms with Crippen LogP contribution in [0.5, 0.6) is 0 Å². The van der Waals surface area contributed by atoms with Crippen molar-refractivity contribution in [3.8, 4) is 0 Å². The van der Waals surface area contributed by atoms with Gasteiger partial charge in [0, 0.05) is 23.4 Å². The minimum Gasteiger partial charge on any atom is -0.352 e. The molecule has 1 heterocycles. The molecule has 1 aliphatic carbocycles. The van der Waals surface area contributed by atoms with E-state index in [1.165, 1.54) is 32.1 Å². The Kier molecular flexibility index (Phi) is 5.37. The number of halogens is 1. The number of nitrogens with zero attached hydrogens (tertiary/aromatic N) is 1. The van der Waals surface area contributed by atoms with Crippen LogP contribution in [0.25, 0.3) is 0 Å². The van der Waals surface area contributed by atoms with Crippen molar-refractivity contribution < 1.29 is 4.79 Å². The first-order chi connectivity index (χ1) is 9.19. The fourth-order valence-corrected chi connectivity index (χ4v) is 3.08. The van der Waals surface area contributed by atoms with Crippen LogP contribution in [0.3, 0.4) is 0 Å². The molecule has 0 bridgehead atoms. The lowest BCUT2D eigenvalue weighted by atomic mass is 9.81. The maximum Gasteiger partial charge on any atom is 0.252 e. The van der Waals surface area contributed by atoms with Crippen LogP contribution in [0.15, 0.2) is 22.9 Å². The van der Waals surface area contributed by atoms with Crippen molar-refractivity contribution in [2.24, 2.45) is 11.8 Å². The summed E-state index contributed by atoms with van der Waals surface area (Å²) in [5.41, 5.74) is 0.622. The highest BCUT2D eigenvalue weighted by atomic mass is 79.9. The number of rotatable bonds is 4. The van der Waals surface area contributed by atoms with E-state index in [4.69, 9.17) is 0 Å². The molecule has 3 nitrogen and oxygen atoms in total. The van der Waals surface area contributed by atoms with Crippen molar-refractivity contribution in [1.29, 1.82) is 0 Å². The van der Waals surface area contributed by atoms with Crippen LogP contribution >= 0.6 is 15.9 Å². The van der Waals surface area contributed by atoms with Gasteiger partial charge in [-0.05, 0) is 46.7 Å². The van der Waals surface area contributed by atoms with Gasteiger partial charge in [0.1, 0.15) is 0 Å². The van der Waals surface area contributed by atoms with Crippen LogP contribution in [0, 0.1) is 11.8 Å². The summed E-state index contributed by atoms with van der Waals surface area (Å²) in [4.78, 5) is 16.0. The van der Waals surface area contributed by atoms with Gasteiger partial charge in [-0.15, -0.1) is 0 Å². The molecule has 1 aromatic rings. The number of aromatic nitrogens is 1. The van der Waals surface area contributed by atoms with Crippen LogP contribution in [0.1, 0.15) is 49.4 Å². The minimum absolute atomic E-state index is 0.0218. The summed E-state index contributed by atoms with van der Waals surface area (Å²) in [7, 11) is 0. The third kappa shape index (κ3) is 4.30. The second-order valence-corrected chi connectivity index (χ2v) is 6.31. The molecule has 0 saturated heterocycles. The zero-order valence-electron chi connectivity index (χ0n) is 11.4. The van der Waals surface area contributed by atoms with Gasteiger partial charge >= 0.3 is 0 Å². The van der Waals surface area contributed by atoms with Crippen LogP contribution in [0.4, 0.5) is 0 Å². The predicted molar refractivity (Wildman–Crippen MR) is 80.0 cm³/mol. The average molecular weight is 325 g/mol. The summed E-state index contributed by atoms with van der Waals surface area (Å²) in [6.45, 7) is 3.06. The van der Waals surface area contributed by atoms with Crippen molar-refractivity contribution in [2.45, 2.75) is 39.0 Å². The highest BCUT2D eigenvalue weighted by Crippen LogP contribution is 2.30. The smallest absolute Gasteiger partial charge is 0.252 e. The first-order valence-electron chi connectivity index (χ1n) is 7.07. The summed E-state index contributed by atoms with van der Waals surface area (Å²) < 4.78 is 0.837. The number of carbonyl (C=O) groups is 1. The molecular weight excluding hydrogens is 304 g/mol. The SMILES string of the molecule is CCC1CCC(CNC(=O)c2cncc(Br)c2)CC1. The molecular formula is C15H21BrN2O. The topological polar surface area (TPSA) is 42.0 Å². The molecule has 104 valence electrons. The van der Waals surface area contributed by atoms with Gasteiger partial charge in [0.15, 0.2) is 0 Å². The quantitative estimate of drug-likeness (QED) is 0.915. The number of hydrogen-bond acceptors (Lipinski definition) is 2. The van der Waals surface area contributed by atoms with Crippen molar-refractivity contribution in [3.05, 3.63) is 28.5 Å². The Morgan fingerprint density at radius 1 is 1.32 bits per heavy atom. The summed E-state index contributed by atoms with van der Waals surface area (Å²) in [6, 6.07) is 1.80. The highest BCUT2D eigenvalue weighted by Gasteiger charge is 2.20. The van der Waals surface area contributed by atoms with Gasteiger partial charge < -0.3 is 5.32 Å². The Morgan fingerprint density at radius 2 is 2.00 bits per heavy atom. The molecule has 1 saturated carbocycles. The summed E-state index contributed by atoms with van der Waals surface area (Å²) in [6.07, 6.45) is 9.70. The van der Waals surface area contributed by atoms with Crippen molar-refractivity contribution in [2.75, 3.05) is 6.54 Å². The van der Waals surface area contributed by atoms with Crippen LogP contribution in [0.2, 0.25) is 0 Å². The molecule has 0 atom stereocenters. The van der Waals surface area contributed by atoms with E-state index in [-0.39, 0.29) is 5.91 Å². The molecule has 1 aliphatic rings. The molecule has 0 spiro atoms. The lowest BCUT2D eigenvalue weighted by Gasteiger charge is -2.27. The van der Waals surface area contributed by atoms with Crippen molar-refractivity contribution in [1.82, 2.24) is 10.3 Å². The molecule has 0 unspecified atom stereocenters. The Hall–Kier alpha value is -0.900. The van der Waals surface area contributed by atoms with E-state index in [1.807, 2.05) is 0 Å². The van der Waals surface area contributed by atoms with E-state index in [2.05, 4.69) is 33.2 Å². The molecule has 2 rings (SSSR count). The second-order valence-electron chi connectivity index (χ2n) is 5.40. The monoisotopic (exact) mass is 324 g/mol. The Morgan fingerprint density at radius 3 is 2.63 bits per heavy atom. The minimum atomic E-state index is -0.0218. The molecule has 1 fully saturated rings. The Balaban J connectivity index is 1.78. The normalized spacial score (nSPS) is 23.1. The van der Waals surface area contributed by atoms with Gasteiger partial charge in [0.25, 0.3) is 5.91 Å². The summed E-state index contributed by atoms with van der Waals surface area (Å²) >= 11 is 3.33. The van der Waals surface area contributed by atoms with E-state index < -0.39 is 0 Å². The Labute approximate surface area is 123 Å². The lowest BCUT2D eigenvalue weighted by molar-refractivity contribution is 0.0941. The first kappa shape index (κ1) is 14.5. The second kappa shape index (κ2) is 7.04. The average Bonchev–Trinajstić information content (AvgIpc) is 2.45. The van der Waals surface area contributed by atoms with E-state index in [9.17, 15) is 4.79 Å². The van der Waals surface area contributed by atoms with Gasteiger partial charge in [-0.2, -0.15) is 0 Å². The van der Waals surface area contributed by atoms with Crippen LogP contribution in [-0.2, 0) is 0 Å². The largest absolute Gasteiger partial charge is 0.352 e. The summed E-state index contributed by atoms with van der Waals surface area (Å²) in [5, 5.41) is 3.03. The third-order valence-electron chi connectivity index (χ3n) is 4.06. The highest BCUT2D eigenvalue weighted by molar-refractivity contribution is 9.10. The first-order valence-corrected chi connectivity index (χ1v) is 7.87. The van der Waals surface area contributed by atoms with Gasteiger partial charge in [-0.25, -0.2) is 0 Å². The van der Waals surface area contributed by atoms with Gasteiger partial charge in [-0.3, -0.25) is 9.78 Å². The van der Waals surface area contributed by atoms with Gasteiger partial charge in [0.2, 0.25) is 0 Å². The zero-order chi connectivity index (χ0) is 13.7. The zero-order valence-corrected chi connectivity index (χ0v) is 12.9. The number of carbonyl (C=O) groups excluding carboxylic acids is 1. The van der Waals surface area contributed by atoms with Crippen molar-refractivity contribution in [3.63, 3.8) is 0 Å². The molecule has 1 amide bonds. The van der Waals surface area contributed by atoms with E-state index in [1.54, 1.807) is 18.5 Å². The lowest BCUT2D eigenvalue weighted by Crippen LogP contribution is -2.31. The van der Waals surface area contributed by atoms with E-state index in [0.29, 0.717) is 11.5 Å². The molecule has 0 radical (unpaired) electrons. The maximum absolute atomic E-state index is 12.0. The van der Waals surface area contributed by atoms with E-state index in [0.717, 1.165) is 16.9 Å². The number of amides is 1. The van der Waals surface area contributed by atoms with Gasteiger partial charge in [0.05, 0.1) is 5.56 Å². The maximum atomic E-state index is 12.0. The molecule has 4 heteroatoms. The number of pyridine rings is 1. The molecule has 0 aromatic carbocycles. The van der Waals surface area contributed by atoms with E-state index >= 15 is 0 Å². The molecule has 0 aliphatic heterocycles. The van der Waals surface area contributed by atoms with Crippen molar-refractivity contribution >= 4 is 21.8 Å². The van der Waals surface area contributed by atoms with Crippen LogP contribution < -0.4 is 5.32 Å².